The smallest absolute Gasteiger partial charge is 0.321 e. The van der Waals surface area contributed by atoms with Crippen LogP contribution in [-0.4, -0.2) is 58.6 Å². The lowest BCUT2D eigenvalue weighted by Gasteiger charge is -2.30. The lowest BCUT2D eigenvalue weighted by atomic mass is 9.99. The molecule has 8 nitrogen and oxygen atoms in total. The van der Waals surface area contributed by atoms with Crippen LogP contribution in [0.2, 0.25) is 0 Å². The molecule has 1 saturated heterocycles. The van der Waals surface area contributed by atoms with Crippen molar-refractivity contribution in [3.05, 3.63) is 12.4 Å². The van der Waals surface area contributed by atoms with E-state index in [-0.39, 0.29) is 12.6 Å². The van der Waals surface area contributed by atoms with Crippen molar-refractivity contribution in [3.63, 3.8) is 0 Å². The van der Waals surface area contributed by atoms with Gasteiger partial charge in [0.15, 0.2) is 0 Å². The standard InChI is InChI=1S/C13H20N4O4/c1-21-6-5-17-9-11(7-14-17)15-13(20)16-4-2-3-10(8-16)12(18)19/h7,9-10H,2-6,8H2,1H3,(H,15,20)(H,18,19)/t10-/m1/s1. The molecule has 0 aromatic carbocycles. The van der Waals surface area contributed by atoms with Gasteiger partial charge in [-0.3, -0.25) is 9.48 Å². The first-order valence-electron chi connectivity index (χ1n) is 6.90. The number of nitrogens with one attached hydrogen (secondary N) is 1. The number of likely N-dealkylation sites (tertiary alicyclic amines) is 1. The Morgan fingerprint density at radius 1 is 1.57 bits per heavy atom. The molecule has 1 aromatic rings. The summed E-state index contributed by atoms with van der Waals surface area (Å²) in [6.45, 7) is 1.98. The number of piperidine rings is 1. The van der Waals surface area contributed by atoms with Gasteiger partial charge in [-0.15, -0.1) is 0 Å². The highest BCUT2D eigenvalue weighted by molar-refractivity contribution is 5.89. The fourth-order valence-corrected chi connectivity index (χ4v) is 2.30. The number of rotatable bonds is 5. The van der Waals surface area contributed by atoms with Crippen molar-refractivity contribution in [1.29, 1.82) is 0 Å². The van der Waals surface area contributed by atoms with E-state index in [1.54, 1.807) is 24.2 Å². The highest BCUT2D eigenvalue weighted by atomic mass is 16.5. The molecule has 2 rings (SSSR count). The van der Waals surface area contributed by atoms with E-state index < -0.39 is 11.9 Å². The summed E-state index contributed by atoms with van der Waals surface area (Å²) in [5, 5.41) is 15.9. The Morgan fingerprint density at radius 3 is 3.10 bits per heavy atom. The van der Waals surface area contributed by atoms with Crippen LogP contribution in [0.3, 0.4) is 0 Å². The summed E-state index contributed by atoms with van der Waals surface area (Å²) in [4.78, 5) is 24.7. The molecule has 0 saturated carbocycles. The highest BCUT2D eigenvalue weighted by Gasteiger charge is 2.28. The summed E-state index contributed by atoms with van der Waals surface area (Å²) in [5.41, 5.74) is 0.591. The van der Waals surface area contributed by atoms with Crippen molar-refractivity contribution in [1.82, 2.24) is 14.7 Å². The lowest BCUT2D eigenvalue weighted by molar-refractivity contribution is -0.143. The minimum Gasteiger partial charge on any atom is -0.481 e. The fraction of sp³-hybridized carbons (Fsp3) is 0.615. The van der Waals surface area contributed by atoms with Crippen molar-refractivity contribution in [3.8, 4) is 0 Å². The van der Waals surface area contributed by atoms with Gasteiger partial charge in [0, 0.05) is 26.4 Å². The highest BCUT2D eigenvalue weighted by Crippen LogP contribution is 2.17. The van der Waals surface area contributed by atoms with Crippen LogP contribution in [0.25, 0.3) is 0 Å². The Bertz CT molecular complexity index is 502. The molecular weight excluding hydrogens is 276 g/mol. The summed E-state index contributed by atoms with van der Waals surface area (Å²) in [5.74, 6) is -1.33. The summed E-state index contributed by atoms with van der Waals surface area (Å²) < 4.78 is 6.63. The average Bonchev–Trinajstić information content (AvgIpc) is 2.92. The maximum Gasteiger partial charge on any atom is 0.321 e. The number of carbonyl (C=O) groups excluding carboxylic acids is 1. The van der Waals surface area contributed by atoms with Gasteiger partial charge in [-0.05, 0) is 12.8 Å². The van der Waals surface area contributed by atoms with Crippen molar-refractivity contribution in [2.24, 2.45) is 5.92 Å². The second kappa shape index (κ2) is 7.07. The number of methoxy groups -OCH3 is 1. The van der Waals surface area contributed by atoms with Crippen molar-refractivity contribution >= 4 is 17.7 Å². The number of urea groups is 1. The van der Waals surface area contributed by atoms with Crippen LogP contribution >= 0.6 is 0 Å². The number of ether oxygens (including phenoxy) is 1. The topological polar surface area (TPSA) is 96.7 Å². The Labute approximate surface area is 122 Å². The predicted octanol–water partition coefficient (Wildman–Crippen LogP) is 0.858. The summed E-state index contributed by atoms with van der Waals surface area (Å²) in [7, 11) is 1.61. The van der Waals surface area contributed by atoms with E-state index in [4.69, 9.17) is 9.84 Å². The molecule has 1 aromatic heterocycles. The van der Waals surface area contributed by atoms with Crippen molar-refractivity contribution in [2.45, 2.75) is 19.4 Å². The summed E-state index contributed by atoms with van der Waals surface area (Å²) in [6, 6.07) is -0.285. The minimum absolute atomic E-state index is 0.249. The Morgan fingerprint density at radius 2 is 2.38 bits per heavy atom. The van der Waals surface area contributed by atoms with Crippen LogP contribution < -0.4 is 5.32 Å². The quantitative estimate of drug-likeness (QED) is 0.840. The maximum absolute atomic E-state index is 12.1. The van der Waals surface area contributed by atoms with Gasteiger partial charge in [0.1, 0.15) is 0 Å². The van der Waals surface area contributed by atoms with E-state index in [1.807, 2.05) is 0 Å². The number of carbonyl (C=O) groups is 2. The lowest BCUT2D eigenvalue weighted by Crippen LogP contribution is -2.44. The van der Waals surface area contributed by atoms with Gasteiger partial charge in [-0.2, -0.15) is 5.10 Å². The number of nitrogens with zero attached hydrogens (tertiary/aromatic N) is 3. The third kappa shape index (κ3) is 4.19. The van der Waals surface area contributed by atoms with E-state index in [1.165, 1.54) is 4.90 Å². The third-order valence-corrected chi connectivity index (χ3v) is 3.47. The Kier molecular flexibility index (Phi) is 5.15. The van der Waals surface area contributed by atoms with E-state index in [0.717, 1.165) is 0 Å². The molecule has 1 aliphatic heterocycles. The second-order valence-corrected chi connectivity index (χ2v) is 5.04. The van der Waals surface area contributed by atoms with Gasteiger partial charge in [-0.1, -0.05) is 0 Å². The van der Waals surface area contributed by atoms with Gasteiger partial charge in [0.05, 0.1) is 31.0 Å². The molecule has 2 N–H and O–H groups in total. The third-order valence-electron chi connectivity index (χ3n) is 3.47. The first kappa shape index (κ1) is 15.3. The molecule has 0 aliphatic carbocycles. The number of amides is 2. The van der Waals surface area contributed by atoms with Crippen LogP contribution in [-0.2, 0) is 16.1 Å². The maximum atomic E-state index is 12.1. The molecule has 0 radical (unpaired) electrons. The van der Waals surface area contributed by atoms with Crippen LogP contribution in [0.5, 0.6) is 0 Å². The molecule has 21 heavy (non-hydrogen) atoms. The normalized spacial score (nSPS) is 18.5. The molecule has 8 heteroatoms. The first-order valence-corrected chi connectivity index (χ1v) is 6.90. The zero-order valence-corrected chi connectivity index (χ0v) is 12.0. The largest absolute Gasteiger partial charge is 0.481 e. The van der Waals surface area contributed by atoms with E-state index in [9.17, 15) is 9.59 Å². The Hall–Kier alpha value is -2.09. The van der Waals surface area contributed by atoms with Crippen LogP contribution in [0.4, 0.5) is 10.5 Å². The van der Waals surface area contributed by atoms with Crippen molar-refractivity contribution in [2.75, 3.05) is 32.1 Å². The van der Waals surface area contributed by atoms with Crippen molar-refractivity contribution < 1.29 is 19.4 Å². The van der Waals surface area contributed by atoms with Crippen LogP contribution in [0.15, 0.2) is 12.4 Å². The molecule has 1 aliphatic rings. The van der Waals surface area contributed by atoms with E-state index in [2.05, 4.69) is 10.4 Å². The number of anilines is 1. The van der Waals surface area contributed by atoms with Gasteiger partial charge in [0.2, 0.25) is 0 Å². The van der Waals surface area contributed by atoms with Gasteiger partial charge in [-0.25, -0.2) is 4.79 Å². The summed E-state index contributed by atoms with van der Waals surface area (Å²) >= 11 is 0. The van der Waals surface area contributed by atoms with E-state index in [0.29, 0.717) is 38.2 Å². The predicted molar refractivity (Wildman–Crippen MR) is 75.1 cm³/mol. The second-order valence-electron chi connectivity index (χ2n) is 5.04. The van der Waals surface area contributed by atoms with Crippen LogP contribution in [0.1, 0.15) is 12.8 Å². The van der Waals surface area contributed by atoms with Gasteiger partial charge >= 0.3 is 12.0 Å². The van der Waals surface area contributed by atoms with E-state index >= 15 is 0 Å². The molecule has 0 bridgehead atoms. The first-order chi connectivity index (χ1) is 10.1. The molecule has 2 amide bonds. The minimum atomic E-state index is -0.847. The number of carboxylic acid groups (broad SMARTS) is 1. The van der Waals surface area contributed by atoms with Gasteiger partial charge < -0.3 is 20.1 Å². The molecule has 116 valence electrons. The number of aliphatic carboxylic acids is 1. The molecule has 1 fully saturated rings. The Balaban J connectivity index is 1.88. The SMILES string of the molecule is COCCn1cc(NC(=O)N2CCC[C@@H](C(=O)O)C2)cn1. The monoisotopic (exact) mass is 296 g/mol. The van der Waals surface area contributed by atoms with Gasteiger partial charge in [0.25, 0.3) is 0 Å². The average molecular weight is 296 g/mol. The number of hydrogen-bond acceptors (Lipinski definition) is 4. The summed E-state index contributed by atoms with van der Waals surface area (Å²) in [6.07, 6.45) is 4.60. The molecule has 0 unspecified atom stereocenters. The fourth-order valence-electron chi connectivity index (χ4n) is 2.30. The molecule has 0 spiro atoms. The number of aromatic nitrogens is 2. The zero-order valence-electron chi connectivity index (χ0n) is 12.0. The molecule has 2 heterocycles. The zero-order chi connectivity index (χ0) is 15.2. The molecular formula is C13H20N4O4. The molecule has 1 atom stereocenters. The number of carboxylic acids is 1. The van der Waals surface area contributed by atoms with Crippen LogP contribution in [0, 0.1) is 5.92 Å². The number of hydrogen-bond donors (Lipinski definition) is 2.